The van der Waals surface area contributed by atoms with Crippen molar-refractivity contribution in [3.05, 3.63) is 170 Å². The van der Waals surface area contributed by atoms with E-state index in [9.17, 15) is 0 Å². The third kappa shape index (κ3) is 4.38. The normalized spacial score (nSPS) is 12.0. The fourth-order valence-electron chi connectivity index (χ4n) is 8.86. The molecule has 0 fully saturated rings. The molecule has 0 saturated heterocycles. The van der Waals surface area contributed by atoms with Gasteiger partial charge in [-0.25, -0.2) is 0 Å². The van der Waals surface area contributed by atoms with Crippen molar-refractivity contribution in [1.82, 2.24) is 0 Å². The summed E-state index contributed by atoms with van der Waals surface area (Å²) in [6.45, 7) is 4.25. The standard InChI is InChI=1S/C50H32O2S/c1-29-25-51-27-42(29)48-34-14-5-3-12-32(34)46(33-13-4-6-15-35(33)48)31-22-23-40-45(24-31)53-44-21-11-20-41(50(40)44)47-36-16-7-9-18-38(36)49(43-28-52-26-30(43)2)39-19-10-8-17-37(39)47/h3-28H,1-2H3. The molecule has 0 radical (unpaired) electrons. The van der Waals surface area contributed by atoms with Gasteiger partial charge in [0.2, 0.25) is 0 Å². The number of benzene rings is 8. The van der Waals surface area contributed by atoms with E-state index in [1.807, 2.05) is 36.4 Å². The van der Waals surface area contributed by atoms with Gasteiger partial charge in [-0.2, -0.15) is 0 Å². The van der Waals surface area contributed by atoms with Gasteiger partial charge in [-0.05, 0) is 102 Å². The molecule has 0 aliphatic carbocycles. The first kappa shape index (κ1) is 30.2. The Balaban J connectivity index is 1.19. The zero-order valence-electron chi connectivity index (χ0n) is 29.2. The maximum absolute atomic E-state index is 5.72. The Morgan fingerprint density at radius 1 is 0.358 bits per heavy atom. The third-order valence-corrected chi connectivity index (χ3v) is 12.3. The molecule has 0 amide bonds. The van der Waals surface area contributed by atoms with Gasteiger partial charge in [0.15, 0.2) is 0 Å². The van der Waals surface area contributed by atoms with Crippen LogP contribution in [0, 0.1) is 13.8 Å². The Morgan fingerprint density at radius 2 is 0.792 bits per heavy atom. The minimum Gasteiger partial charge on any atom is -0.472 e. The molecule has 0 N–H and O–H groups in total. The molecule has 3 heteroatoms. The van der Waals surface area contributed by atoms with Crippen molar-refractivity contribution in [2.24, 2.45) is 0 Å². The number of furan rings is 2. The van der Waals surface area contributed by atoms with E-state index in [4.69, 9.17) is 8.83 Å². The van der Waals surface area contributed by atoms with Crippen LogP contribution in [0.4, 0.5) is 0 Å². The molecule has 0 unspecified atom stereocenters. The van der Waals surface area contributed by atoms with E-state index in [1.54, 1.807) is 0 Å². The summed E-state index contributed by atoms with van der Waals surface area (Å²) in [5, 5.41) is 12.5. The van der Waals surface area contributed by atoms with Gasteiger partial charge in [-0.3, -0.25) is 0 Å². The van der Waals surface area contributed by atoms with Crippen molar-refractivity contribution in [2.75, 3.05) is 0 Å². The van der Waals surface area contributed by atoms with Crippen molar-refractivity contribution < 1.29 is 8.83 Å². The number of hydrogen-bond acceptors (Lipinski definition) is 3. The molecule has 11 aromatic rings. The predicted molar refractivity (Wildman–Crippen MR) is 225 cm³/mol. The summed E-state index contributed by atoms with van der Waals surface area (Å²) in [6, 6.07) is 49.3. The second kappa shape index (κ2) is 11.5. The van der Waals surface area contributed by atoms with Crippen LogP contribution in [0.1, 0.15) is 11.1 Å². The molecule has 0 spiro atoms. The van der Waals surface area contributed by atoms with Crippen LogP contribution in [0.3, 0.4) is 0 Å². The van der Waals surface area contributed by atoms with E-state index in [0.717, 1.165) is 22.3 Å². The summed E-state index contributed by atoms with van der Waals surface area (Å²) in [4.78, 5) is 0. The lowest BCUT2D eigenvalue weighted by Crippen LogP contribution is -1.91. The van der Waals surface area contributed by atoms with Gasteiger partial charge < -0.3 is 8.83 Å². The van der Waals surface area contributed by atoms with E-state index >= 15 is 0 Å². The van der Waals surface area contributed by atoms with Gasteiger partial charge in [0, 0.05) is 42.4 Å². The Kier molecular flexibility index (Phi) is 6.58. The average molecular weight is 697 g/mol. The van der Waals surface area contributed by atoms with Crippen LogP contribution in [-0.2, 0) is 0 Å². The summed E-state index contributed by atoms with van der Waals surface area (Å²) in [7, 11) is 0. The number of aryl methyl sites for hydroxylation is 2. The molecule has 0 saturated carbocycles. The van der Waals surface area contributed by atoms with Gasteiger partial charge >= 0.3 is 0 Å². The molecule has 8 aromatic carbocycles. The highest BCUT2D eigenvalue weighted by Crippen LogP contribution is 2.50. The maximum atomic E-state index is 5.72. The predicted octanol–water partition coefficient (Wildman–Crippen LogP) is 15.1. The minimum atomic E-state index is 1.14. The second-order valence-corrected chi connectivity index (χ2v) is 15.2. The first-order valence-electron chi connectivity index (χ1n) is 18.0. The summed E-state index contributed by atoms with van der Waals surface area (Å²) >= 11 is 1.88. The maximum Gasteiger partial charge on any atom is 0.0984 e. The van der Waals surface area contributed by atoms with Crippen molar-refractivity contribution in [2.45, 2.75) is 13.8 Å². The van der Waals surface area contributed by atoms with E-state index < -0.39 is 0 Å². The van der Waals surface area contributed by atoms with Gasteiger partial charge in [0.25, 0.3) is 0 Å². The highest BCUT2D eigenvalue weighted by atomic mass is 32.1. The van der Waals surface area contributed by atoms with Gasteiger partial charge in [-0.15, -0.1) is 11.3 Å². The summed E-state index contributed by atoms with van der Waals surface area (Å²) < 4.78 is 14.0. The summed E-state index contributed by atoms with van der Waals surface area (Å²) in [5.74, 6) is 0. The van der Waals surface area contributed by atoms with Crippen LogP contribution < -0.4 is 0 Å². The molecule has 0 bridgehead atoms. The van der Waals surface area contributed by atoms with Crippen LogP contribution in [-0.4, -0.2) is 0 Å². The van der Waals surface area contributed by atoms with Crippen LogP contribution in [0.2, 0.25) is 0 Å². The molecule has 3 aromatic heterocycles. The largest absolute Gasteiger partial charge is 0.472 e. The first-order chi connectivity index (χ1) is 26.2. The lowest BCUT2D eigenvalue weighted by molar-refractivity contribution is 0.566. The lowest BCUT2D eigenvalue weighted by atomic mass is 9.84. The molecular weight excluding hydrogens is 665 g/mol. The third-order valence-electron chi connectivity index (χ3n) is 11.2. The van der Waals surface area contributed by atoms with Gasteiger partial charge in [-0.1, -0.05) is 121 Å². The van der Waals surface area contributed by atoms with Crippen molar-refractivity contribution in [3.8, 4) is 44.5 Å². The highest BCUT2D eigenvalue weighted by molar-refractivity contribution is 7.26. The lowest BCUT2D eigenvalue weighted by Gasteiger charge is -2.18. The fraction of sp³-hybridized carbons (Fsp3) is 0.0400. The van der Waals surface area contributed by atoms with Gasteiger partial charge in [0.05, 0.1) is 25.1 Å². The highest BCUT2D eigenvalue weighted by Gasteiger charge is 2.22. The zero-order chi connectivity index (χ0) is 35.2. The first-order valence-corrected chi connectivity index (χ1v) is 18.9. The van der Waals surface area contributed by atoms with Crippen LogP contribution >= 0.6 is 11.3 Å². The number of thiophene rings is 1. The van der Waals surface area contributed by atoms with Crippen LogP contribution in [0.5, 0.6) is 0 Å². The SMILES string of the molecule is Cc1cocc1-c1c2ccccc2c(-c2ccc3c(c2)sc2cccc(-c4c5ccccc5c(-c5cocc5C)c5ccccc45)c23)c2ccccc12. The number of rotatable bonds is 4. The monoisotopic (exact) mass is 696 g/mol. The second-order valence-electron chi connectivity index (χ2n) is 14.1. The quantitative estimate of drug-likeness (QED) is 0.171. The molecular formula is C50H32O2S. The molecule has 0 aliphatic heterocycles. The Hall–Kier alpha value is -6.42. The Bertz CT molecular complexity index is 3150. The zero-order valence-corrected chi connectivity index (χ0v) is 30.1. The molecule has 0 aliphatic rings. The van der Waals surface area contributed by atoms with Crippen molar-refractivity contribution >= 4 is 74.6 Å². The van der Waals surface area contributed by atoms with Crippen LogP contribution in [0.25, 0.3) is 108 Å². The molecule has 11 rings (SSSR count). The number of fused-ring (bicyclic) bond motifs is 7. The van der Waals surface area contributed by atoms with Crippen molar-refractivity contribution in [3.63, 3.8) is 0 Å². The molecule has 250 valence electrons. The average Bonchev–Trinajstić information content (AvgIpc) is 3.93. The van der Waals surface area contributed by atoms with E-state index in [-0.39, 0.29) is 0 Å². The van der Waals surface area contributed by atoms with Gasteiger partial charge in [0.1, 0.15) is 0 Å². The number of hydrogen-bond donors (Lipinski definition) is 0. The summed E-state index contributed by atoms with van der Waals surface area (Å²) in [6.07, 6.45) is 7.48. The summed E-state index contributed by atoms with van der Waals surface area (Å²) in [5.41, 5.74) is 12.1. The Labute approximate surface area is 310 Å². The van der Waals surface area contributed by atoms with Crippen LogP contribution in [0.15, 0.2) is 167 Å². The molecule has 2 nitrogen and oxygen atoms in total. The smallest absolute Gasteiger partial charge is 0.0984 e. The molecule has 0 atom stereocenters. The minimum absolute atomic E-state index is 1.14. The molecule has 3 heterocycles. The Morgan fingerprint density at radius 3 is 1.23 bits per heavy atom. The van der Waals surface area contributed by atoms with E-state index in [1.165, 1.54) is 96.6 Å². The van der Waals surface area contributed by atoms with E-state index in [0.29, 0.717) is 0 Å². The van der Waals surface area contributed by atoms with E-state index in [2.05, 4.69) is 147 Å². The topological polar surface area (TPSA) is 26.3 Å². The molecule has 53 heavy (non-hydrogen) atoms. The fourth-order valence-corrected chi connectivity index (χ4v) is 10.0. The van der Waals surface area contributed by atoms with Crippen molar-refractivity contribution in [1.29, 1.82) is 0 Å².